The molecule has 1 saturated heterocycles. The molecule has 3 nitrogen and oxygen atoms in total. The first kappa shape index (κ1) is 16.5. The molecule has 0 bridgehead atoms. The molecule has 24 heavy (non-hydrogen) atoms. The largest absolute Gasteiger partial charge is 0.273 e. The molecule has 0 N–H and O–H groups in total. The highest BCUT2D eigenvalue weighted by molar-refractivity contribution is 8.26. The van der Waals surface area contributed by atoms with Gasteiger partial charge in [0, 0.05) is 11.1 Å². The quantitative estimate of drug-likeness (QED) is 0.459. The van der Waals surface area contributed by atoms with Gasteiger partial charge in [0.1, 0.15) is 5.82 Å². The first-order valence-corrected chi connectivity index (χ1v) is 8.33. The van der Waals surface area contributed by atoms with E-state index < -0.39 is 17.6 Å². The zero-order chi connectivity index (χ0) is 17.3. The summed E-state index contributed by atoms with van der Waals surface area (Å²) in [6.07, 6.45) is 1.41. The Hall–Kier alpha value is -2.31. The summed E-state index contributed by atoms with van der Waals surface area (Å²) in [6, 6.07) is 13.0. The van der Waals surface area contributed by atoms with Gasteiger partial charge in [0.15, 0.2) is 4.32 Å². The number of halogens is 1. The lowest BCUT2D eigenvalue weighted by Gasteiger charge is -2.12. The van der Waals surface area contributed by atoms with E-state index in [-0.39, 0.29) is 14.8 Å². The summed E-state index contributed by atoms with van der Waals surface area (Å²) in [7, 11) is 0. The van der Waals surface area contributed by atoms with Crippen LogP contribution in [0.4, 0.5) is 4.39 Å². The third-order valence-corrected chi connectivity index (χ3v) is 4.76. The maximum Gasteiger partial charge on any atom is 0.273 e. The summed E-state index contributed by atoms with van der Waals surface area (Å²) >= 11 is 6.16. The smallest absolute Gasteiger partial charge is 0.268 e. The highest BCUT2D eigenvalue weighted by atomic mass is 32.2. The summed E-state index contributed by atoms with van der Waals surface area (Å²) in [5.74, 6) is -1.44. The second-order valence-corrected chi connectivity index (χ2v) is 6.89. The van der Waals surface area contributed by atoms with E-state index in [9.17, 15) is 14.0 Å². The van der Waals surface area contributed by atoms with Gasteiger partial charge in [-0.3, -0.25) is 9.59 Å². The van der Waals surface area contributed by atoms with Gasteiger partial charge in [-0.25, -0.2) is 9.29 Å². The van der Waals surface area contributed by atoms with E-state index in [0.29, 0.717) is 5.56 Å². The van der Waals surface area contributed by atoms with Crippen molar-refractivity contribution in [1.29, 1.82) is 0 Å². The molecule has 2 amide bonds. The van der Waals surface area contributed by atoms with Crippen molar-refractivity contribution in [2.75, 3.05) is 0 Å². The Morgan fingerprint density at radius 2 is 1.96 bits per heavy atom. The van der Waals surface area contributed by atoms with Crippen molar-refractivity contribution in [3.05, 3.63) is 75.9 Å². The Labute approximate surface area is 148 Å². The summed E-state index contributed by atoms with van der Waals surface area (Å²) in [4.78, 5) is 26.3. The third kappa shape index (κ3) is 3.16. The van der Waals surface area contributed by atoms with Crippen molar-refractivity contribution in [3.63, 3.8) is 0 Å². The maximum absolute atomic E-state index is 13.8. The second-order valence-electron chi connectivity index (χ2n) is 5.21. The van der Waals surface area contributed by atoms with Crippen LogP contribution in [0.1, 0.15) is 21.5 Å². The zero-order valence-corrected chi connectivity index (χ0v) is 14.3. The molecule has 0 radical (unpaired) electrons. The minimum atomic E-state index is -0.528. The molecule has 0 aromatic heterocycles. The minimum absolute atomic E-state index is 0.147. The molecule has 0 unspecified atom stereocenters. The summed E-state index contributed by atoms with van der Waals surface area (Å²) in [5.41, 5.74) is 1.58. The highest BCUT2D eigenvalue weighted by Crippen LogP contribution is 2.34. The fraction of sp³-hybridized carbons (Fsp3) is 0.0556. The second kappa shape index (κ2) is 6.67. The Kier molecular flexibility index (Phi) is 4.59. The van der Waals surface area contributed by atoms with Crippen LogP contribution in [0.2, 0.25) is 0 Å². The number of carbonyl (C=O) groups is 2. The van der Waals surface area contributed by atoms with Crippen LogP contribution in [0.25, 0.3) is 6.08 Å². The first-order valence-electron chi connectivity index (χ1n) is 7.11. The average molecular weight is 357 g/mol. The third-order valence-electron chi connectivity index (χ3n) is 3.45. The van der Waals surface area contributed by atoms with Crippen LogP contribution in [0.5, 0.6) is 0 Å². The number of thiocarbonyl (C=S) groups is 1. The number of benzene rings is 2. The van der Waals surface area contributed by atoms with E-state index in [1.807, 2.05) is 13.0 Å². The number of hydrogen-bond donors (Lipinski definition) is 0. The van der Waals surface area contributed by atoms with Gasteiger partial charge in [-0.1, -0.05) is 59.9 Å². The molecule has 0 atom stereocenters. The Bertz CT molecular complexity index is 892. The number of hydrogen-bond acceptors (Lipinski definition) is 4. The molecule has 2 aromatic carbocycles. The van der Waals surface area contributed by atoms with Crippen LogP contribution >= 0.6 is 24.0 Å². The molecular weight excluding hydrogens is 345 g/mol. The van der Waals surface area contributed by atoms with Gasteiger partial charge in [-0.2, -0.15) is 0 Å². The number of carbonyl (C=O) groups excluding carboxylic acids is 2. The number of amides is 2. The molecule has 1 aliphatic rings. The van der Waals surface area contributed by atoms with E-state index >= 15 is 0 Å². The van der Waals surface area contributed by atoms with Crippen LogP contribution in [0.3, 0.4) is 0 Å². The minimum Gasteiger partial charge on any atom is -0.268 e. The zero-order valence-electron chi connectivity index (χ0n) is 12.7. The van der Waals surface area contributed by atoms with Gasteiger partial charge < -0.3 is 0 Å². The highest BCUT2D eigenvalue weighted by Gasteiger charge is 2.37. The summed E-state index contributed by atoms with van der Waals surface area (Å²) in [5, 5.41) is 0. The van der Waals surface area contributed by atoms with E-state index in [1.54, 1.807) is 36.4 Å². The van der Waals surface area contributed by atoms with Gasteiger partial charge in [-0.15, -0.1) is 0 Å². The molecule has 1 heterocycles. The fourth-order valence-corrected chi connectivity index (χ4v) is 3.53. The van der Waals surface area contributed by atoms with E-state index in [0.717, 1.165) is 22.2 Å². The lowest BCUT2D eigenvalue weighted by molar-refractivity contribution is -0.120. The molecule has 1 fully saturated rings. The average Bonchev–Trinajstić information content (AvgIpc) is 2.83. The van der Waals surface area contributed by atoms with Crippen LogP contribution in [-0.2, 0) is 4.79 Å². The standard InChI is InChI=1S/C18H12FNO2S2/c1-11-5-4-7-13(9-11)16(21)20-17(22)15(24-18(20)23)10-12-6-2-3-8-14(12)19/h2-10H,1H3. The molecule has 3 rings (SSSR count). The van der Waals surface area contributed by atoms with Crippen molar-refractivity contribution >= 4 is 46.2 Å². The number of aryl methyl sites for hydroxylation is 1. The predicted molar refractivity (Wildman–Crippen MR) is 96.9 cm³/mol. The van der Waals surface area contributed by atoms with Gasteiger partial charge in [0.05, 0.1) is 4.91 Å². The number of thioether (sulfide) groups is 1. The molecule has 6 heteroatoms. The van der Waals surface area contributed by atoms with Crippen molar-refractivity contribution in [1.82, 2.24) is 4.90 Å². The maximum atomic E-state index is 13.8. The summed E-state index contributed by atoms with van der Waals surface area (Å²) < 4.78 is 13.9. The number of imide groups is 1. The van der Waals surface area contributed by atoms with E-state index in [4.69, 9.17) is 12.2 Å². The van der Waals surface area contributed by atoms with Crippen molar-refractivity contribution in [2.24, 2.45) is 0 Å². The monoisotopic (exact) mass is 357 g/mol. The van der Waals surface area contributed by atoms with E-state index in [1.165, 1.54) is 12.1 Å². The van der Waals surface area contributed by atoms with Gasteiger partial charge >= 0.3 is 0 Å². The number of rotatable bonds is 2. The predicted octanol–water partition coefficient (Wildman–Crippen LogP) is 4.18. The van der Waals surface area contributed by atoms with Gasteiger partial charge in [0.2, 0.25) is 0 Å². The molecule has 2 aromatic rings. The normalized spacial score (nSPS) is 16.1. The lowest BCUT2D eigenvalue weighted by Crippen LogP contribution is -2.34. The molecule has 1 aliphatic heterocycles. The molecule has 0 saturated carbocycles. The fourth-order valence-electron chi connectivity index (χ4n) is 2.28. The molecular formula is C18H12FNO2S2. The number of nitrogens with zero attached hydrogens (tertiary/aromatic N) is 1. The van der Waals surface area contributed by atoms with Crippen LogP contribution in [-0.4, -0.2) is 21.0 Å². The lowest BCUT2D eigenvalue weighted by atomic mass is 10.1. The molecule has 120 valence electrons. The van der Waals surface area contributed by atoms with Crippen LogP contribution in [0.15, 0.2) is 53.4 Å². The van der Waals surface area contributed by atoms with Crippen molar-refractivity contribution < 1.29 is 14.0 Å². The van der Waals surface area contributed by atoms with Crippen molar-refractivity contribution in [3.8, 4) is 0 Å². The van der Waals surface area contributed by atoms with Crippen LogP contribution in [0, 0.1) is 12.7 Å². The van der Waals surface area contributed by atoms with Crippen molar-refractivity contribution in [2.45, 2.75) is 6.92 Å². The Morgan fingerprint density at radius 3 is 2.67 bits per heavy atom. The molecule has 0 spiro atoms. The summed E-state index contributed by atoms with van der Waals surface area (Å²) in [6.45, 7) is 1.86. The SMILES string of the molecule is Cc1cccc(C(=O)N2C(=O)C(=Cc3ccccc3F)SC2=S)c1. The Morgan fingerprint density at radius 1 is 1.21 bits per heavy atom. The van der Waals surface area contributed by atoms with Gasteiger partial charge in [-0.05, 0) is 31.2 Å². The molecule has 0 aliphatic carbocycles. The van der Waals surface area contributed by atoms with Crippen LogP contribution < -0.4 is 0 Å². The Balaban J connectivity index is 1.92. The topological polar surface area (TPSA) is 37.4 Å². The van der Waals surface area contributed by atoms with Gasteiger partial charge in [0.25, 0.3) is 11.8 Å². The van der Waals surface area contributed by atoms with E-state index in [2.05, 4.69) is 0 Å². The first-order chi connectivity index (χ1) is 11.5.